The van der Waals surface area contributed by atoms with Gasteiger partial charge >= 0.3 is 0 Å². The summed E-state index contributed by atoms with van der Waals surface area (Å²) < 4.78 is 0. The summed E-state index contributed by atoms with van der Waals surface area (Å²) in [7, 11) is 0. The van der Waals surface area contributed by atoms with Crippen molar-refractivity contribution in [2.24, 2.45) is 0 Å². The predicted octanol–water partition coefficient (Wildman–Crippen LogP) is 6.33. The van der Waals surface area contributed by atoms with Crippen LogP contribution in [0.15, 0.2) is 42.5 Å². The van der Waals surface area contributed by atoms with E-state index in [2.05, 4.69) is 28.5 Å². The minimum absolute atomic E-state index is 0.152. The average Bonchev–Trinajstić information content (AvgIpc) is 3.19. The van der Waals surface area contributed by atoms with E-state index in [0.717, 1.165) is 37.3 Å². The number of nitro benzene ring substituents is 1. The molecule has 0 saturated heterocycles. The molecule has 2 aliphatic rings. The number of aromatic amines is 1. The molecule has 1 heterocycles. The van der Waals surface area contributed by atoms with Crippen LogP contribution < -0.4 is 5.32 Å². The highest BCUT2D eigenvalue weighted by atomic mass is 16.6. The summed E-state index contributed by atoms with van der Waals surface area (Å²) in [6.45, 7) is 0.866. The molecule has 1 atom stereocenters. The van der Waals surface area contributed by atoms with Crippen molar-refractivity contribution in [1.29, 1.82) is 0 Å². The first-order valence-electron chi connectivity index (χ1n) is 11.8. The van der Waals surface area contributed by atoms with E-state index >= 15 is 0 Å². The second-order valence-corrected chi connectivity index (χ2v) is 9.23. The van der Waals surface area contributed by atoms with E-state index in [4.69, 9.17) is 0 Å². The number of nitro groups is 1. The molecule has 2 aliphatic carbocycles. The Balaban J connectivity index is 1.29. The molecule has 1 aromatic heterocycles. The van der Waals surface area contributed by atoms with Gasteiger partial charge in [-0.1, -0.05) is 37.5 Å². The highest BCUT2D eigenvalue weighted by Crippen LogP contribution is 2.38. The Hall–Kier alpha value is -2.66. The largest absolute Gasteiger partial charge is 0.357 e. The average molecular weight is 418 g/mol. The van der Waals surface area contributed by atoms with Crippen molar-refractivity contribution in [3.63, 3.8) is 0 Å². The lowest BCUT2D eigenvalue weighted by Gasteiger charge is -2.24. The highest BCUT2D eigenvalue weighted by Gasteiger charge is 2.25. The van der Waals surface area contributed by atoms with Gasteiger partial charge < -0.3 is 10.3 Å². The summed E-state index contributed by atoms with van der Waals surface area (Å²) in [6.07, 6.45) is 11.2. The second kappa shape index (κ2) is 8.83. The van der Waals surface area contributed by atoms with Crippen LogP contribution in [0.2, 0.25) is 0 Å². The number of hydrogen-bond acceptors (Lipinski definition) is 3. The lowest BCUT2D eigenvalue weighted by molar-refractivity contribution is -0.384. The molecule has 0 radical (unpaired) electrons. The topological polar surface area (TPSA) is 71.0 Å². The van der Waals surface area contributed by atoms with Crippen LogP contribution in [0.5, 0.6) is 0 Å². The predicted molar refractivity (Wildman–Crippen MR) is 125 cm³/mol. The minimum atomic E-state index is -0.346. The summed E-state index contributed by atoms with van der Waals surface area (Å²) in [5.41, 5.74) is 6.95. The number of aromatic nitrogens is 1. The van der Waals surface area contributed by atoms with Gasteiger partial charge in [0.1, 0.15) is 0 Å². The Morgan fingerprint density at radius 2 is 1.81 bits per heavy atom. The smallest absolute Gasteiger partial charge is 0.269 e. The fourth-order valence-electron chi connectivity index (χ4n) is 5.55. The van der Waals surface area contributed by atoms with Gasteiger partial charge in [-0.3, -0.25) is 10.1 Å². The van der Waals surface area contributed by atoms with Crippen LogP contribution >= 0.6 is 0 Å². The molecule has 5 rings (SSSR count). The number of aryl methyl sites for hydroxylation is 1. The van der Waals surface area contributed by atoms with Gasteiger partial charge in [0.25, 0.3) is 5.69 Å². The number of H-pyrrole nitrogens is 1. The molecule has 3 aromatic rings. The fourth-order valence-corrected chi connectivity index (χ4v) is 5.55. The monoisotopic (exact) mass is 417 g/mol. The van der Waals surface area contributed by atoms with Gasteiger partial charge in [0.05, 0.1) is 4.92 Å². The van der Waals surface area contributed by atoms with Crippen molar-refractivity contribution in [1.82, 2.24) is 10.3 Å². The zero-order chi connectivity index (χ0) is 21.2. The van der Waals surface area contributed by atoms with Crippen molar-refractivity contribution in [3.8, 4) is 0 Å². The summed E-state index contributed by atoms with van der Waals surface area (Å²) in [6, 6.07) is 14.4. The molecule has 0 amide bonds. The van der Waals surface area contributed by atoms with Gasteiger partial charge in [-0.15, -0.1) is 0 Å². The normalized spacial score (nSPS) is 19.4. The van der Waals surface area contributed by atoms with Gasteiger partial charge in [-0.2, -0.15) is 0 Å². The van der Waals surface area contributed by atoms with Crippen LogP contribution in [0.1, 0.15) is 79.3 Å². The van der Waals surface area contributed by atoms with Crippen LogP contribution in [-0.4, -0.2) is 16.5 Å². The van der Waals surface area contributed by atoms with Crippen LogP contribution in [0.25, 0.3) is 10.9 Å². The van der Waals surface area contributed by atoms with Crippen LogP contribution in [0.4, 0.5) is 5.69 Å². The fraction of sp³-hybridized carbons (Fsp3) is 0.462. The Bertz CT molecular complexity index is 1060. The SMILES string of the molecule is O=[N+]([O-])c1ccc(CCN[C@H]2CCCc3c2[nH]c2ccc(C4CCCCC4)cc32)cc1. The molecular weight excluding hydrogens is 386 g/mol. The maximum atomic E-state index is 10.8. The third kappa shape index (κ3) is 4.24. The van der Waals surface area contributed by atoms with Gasteiger partial charge in [0, 0.05) is 34.8 Å². The van der Waals surface area contributed by atoms with E-state index in [0.29, 0.717) is 6.04 Å². The van der Waals surface area contributed by atoms with Crippen molar-refractivity contribution >= 4 is 16.6 Å². The number of benzene rings is 2. The molecule has 0 aliphatic heterocycles. The molecule has 1 saturated carbocycles. The number of hydrogen-bond donors (Lipinski definition) is 2. The molecule has 0 spiro atoms. The lowest BCUT2D eigenvalue weighted by Crippen LogP contribution is -2.27. The molecule has 5 nitrogen and oxygen atoms in total. The number of nitrogens with zero attached hydrogens (tertiary/aromatic N) is 1. The first-order chi connectivity index (χ1) is 15.2. The van der Waals surface area contributed by atoms with Crippen LogP contribution in [0.3, 0.4) is 0 Å². The number of non-ortho nitro benzene ring substituents is 1. The second-order valence-electron chi connectivity index (χ2n) is 9.23. The van der Waals surface area contributed by atoms with Gasteiger partial charge in [-0.25, -0.2) is 0 Å². The van der Waals surface area contributed by atoms with Crippen LogP contribution in [-0.2, 0) is 12.8 Å². The third-order valence-corrected chi connectivity index (χ3v) is 7.26. The molecule has 2 N–H and O–H groups in total. The molecule has 1 fully saturated rings. The molecule has 162 valence electrons. The number of nitrogens with one attached hydrogen (secondary N) is 2. The van der Waals surface area contributed by atoms with E-state index in [1.807, 2.05) is 12.1 Å². The molecule has 5 heteroatoms. The molecule has 2 aromatic carbocycles. The first-order valence-corrected chi connectivity index (χ1v) is 11.8. The van der Waals surface area contributed by atoms with Crippen molar-refractivity contribution in [2.75, 3.05) is 6.54 Å². The molecule has 31 heavy (non-hydrogen) atoms. The lowest BCUT2D eigenvalue weighted by atomic mass is 9.83. The van der Waals surface area contributed by atoms with E-state index in [1.54, 1.807) is 12.1 Å². The Morgan fingerprint density at radius 1 is 1.00 bits per heavy atom. The van der Waals surface area contributed by atoms with E-state index in [-0.39, 0.29) is 10.6 Å². The minimum Gasteiger partial charge on any atom is -0.357 e. The Morgan fingerprint density at radius 3 is 2.58 bits per heavy atom. The Labute approximate surface area is 183 Å². The quantitative estimate of drug-likeness (QED) is 0.363. The highest BCUT2D eigenvalue weighted by molar-refractivity contribution is 5.86. The standard InChI is InChI=1S/C26H31N3O2/c30-29(31)21-12-9-18(10-13-21)15-16-27-25-8-4-7-22-23-17-20(19-5-2-1-3-6-19)11-14-24(23)28-26(22)25/h9-14,17,19,25,27-28H,1-8,15-16H2/t25-/m0/s1. The number of fused-ring (bicyclic) bond motifs is 3. The molecule has 0 unspecified atom stereocenters. The summed E-state index contributed by atoms with van der Waals surface area (Å²) in [5, 5.41) is 16.0. The summed E-state index contributed by atoms with van der Waals surface area (Å²) >= 11 is 0. The van der Waals surface area contributed by atoms with E-state index in [9.17, 15) is 10.1 Å². The van der Waals surface area contributed by atoms with Crippen LogP contribution in [0, 0.1) is 10.1 Å². The summed E-state index contributed by atoms with van der Waals surface area (Å²) in [5.74, 6) is 0.739. The Kier molecular flexibility index (Phi) is 5.77. The first kappa shape index (κ1) is 20.3. The molecular formula is C26H31N3O2. The maximum absolute atomic E-state index is 10.8. The third-order valence-electron chi connectivity index (χ3n) is 7.26. The zero-order valence-corrected chi connectivity index (χ0v) is 18.0. The van der Waals surface area contributed by atoms with E-state index in [1.165, 1.54) is 66.2 Å². The molecule has 0 bridgehead atoms. The van der Waals surface area contributed by atoms with Gasteiger partial charge in [0.15, 0.2) is 0 Å². The van der Waals surface area contributed by atoms with Gasteiger partial charge in [-0.05, 0) is 79.8 Å². The maximum Gasteiger partial charge on any atom is 0.269 e. The van der Waals surface area contributed by atoms with Crippen molar-refractivity contribution in [2.45, 2.75) is 69.7 Å². The van der Waals surface area contributed by atoms with Crippen molar-refractivity contribution < 1.29 is 4.92 Å². The van der Waals surface area contributed by atoms with Gasteiger partial charge in [0.2, 0.25) is 0 Å². The zero-order valence-electron chi connectivity index (χ0n) is 18.0. The van der Waals surface area contributed by atoms with E-state index < -0.39 is 0 Å². The number of rotatable bonds is 6. The van der Waals surface area contributed by atoms with Crippen molar-refractivity contribution in [3.05, 3.63) is 75.0 Å². The summed E-state index contributed by atoms with van der Waals surface area (Å²) in [4.78, 5) is 14.2.